The maximum absolute atomic E-state index is 11.9. The number of hydrogen-bond acceptors (Lipinski definition) is 2. The molecule has 0 spiro atoms. The molecule has 0 fully saturated rings. The lowest BCUT2D eigenvalue weighted by Crippen LogP contribution is -2.01. The van der Waals surface area contributed by atoms with E-state index in [0.29, 0.717) is 23.6 Å². The van der Waals surface area contributed by atoms with E-state index in [9.17, 15) is 4.79 Å². The summed E-state index contributed by atoms with van der Waals surface area (Å²) < 4.78 is 0. The standard InChI is InChI=1S/C20H18ClNO/c21-18-12-9-17(10-13-18)15-20(23)8-4-7-19(22)14-11-16-5-2-1-3-6-16/h1-7,9-14,22H,8,15H2/b7-4-,14-11+,22-19?. The average Bonchev–Trinajstić information content (AvgIpc) is 2.56. The molecule has 0 bridgehead atoms. The minimum Gasteiger partial charge on any atom is -0.301 e. The number of benzene rings is 2. The Balaban J connectivity index is 1.79. The topological polar surface area (TPSA) is 40.9 Å². The molecule has 0 aliphatic heterocycles. The molecule has 0 saturated carbocycles. The maximum Gasteiger partial charge on any atom is 0.141 e. The number of ketones is 1. The van der Waals surface area contributed by atoms with Gasteiger partial charge in [0.1, 0.15) is 5.78 Å². The predicted molar refractivity (Wildman–Crippen MR) is 97.1 cm³/mol. The van der Waals surface area contributed by atoms with Crippen LogP contribution in [-0.4, -0.2) is 11.5 Å². The fourth-order valence-electron chi connectivity index (χ4n) is 2.03. The van der Waals surface area contributed by atoms with Crippen LogP contribution in [0.4, 0.5) is 0 Å². The molecule has 0 aliphatic carbocycles. The first-order valence-electron chi connectivity index (χ1n) is 7.38. The van der Waals surface area contributed by atoms with Gasteiger partial charge in [0.25, 0.3) is 0 Å². The number of hydrogen-bond donors (Lipinski definition) is 1. The maximum atomic E-state index is 11.9. The third-order valence-electron chi connectivity index (χ3n) is 3.21. The second-order valence-corrected chi connectivity index (χ2v) is 5.58. The van der Waals surface area contributed by atoms with Crippen LogP contribution in [0.5, 0.6) is 0 Å². The molecule has 0 aromatic heterocycles. The summed E-state index contributed by atoms with van der Waals surface area (Å²) >= 11 is 5.81. The SMILES string of the molecule is N=C(/C=C\CC(=O)Cc1ccc(Cl)cc1)/C=C/c1ccccc1. The Morgan fingerprint density at radius 3 is 2.39 bits per heavy atom. The summed E-state index contributed by atoms with van der Waals surface area (Å²) in [4.78, 5) is 11.9. The van der Waals surface area contributed by atoms with Gasteiger partial charge in [-0.3, -0.25) is 4.79 Å². The number of halogens is 1. The van der Waals surface area contributed by atoms with Crippen LogP contribution in [-0.2, 0) is 11.2 Å². The zero-order valence-corrected chi connectivity index (χ0v) is 13.5. The van der Waals surface area contributed by atoms with Gasteiger partial charge in [-0.15, -0.1) is 0 Å². The molecule has 0 radical (unpaired) electrons. The van der Waals surface area contributed by atoms with Gasteiger partial charge >= 0.3 is 0 Å². The van der Waals surface area contributed by atoms with Crippen LogP contribution in [0.15, 0.2) is 72.8 Å². The van der Waals surface area contributed by atoms with E-state index in [2.05, 4.69) is 0 Å². The molecule has 23 heavy (non-hydrogen) atoms. The molecular formula is C20H18ClNO. The number of allylic oxidation sites excluding steroid dienone is 3. The smallest absolute Gasteiger partial charge is 0.141 e. The summed E-state index contributed by atoms with van der Waals surface area (Å²) in [6.45, 7) is 0. The van der Waals surface area contributed by atoms with Crippen molar-refractivity contribution in [3.05, 3.63) is 89.0 Å². The van der Waals surface area contributed by atoms with Gasteiger partial charge in [-0.05, 0) is 35.4 Å². The number of Topliss-reactive ketones (excluding diaryl/α,β-unsaturated/α-hetero) is 1. The van der Waals surface area contributed by atoms with E-state index >= 15 is 0 Å². The Kier molecular flexibility index (Phi) is 6.52. The summed E-state index contributed by atoms with van der Waals surface area (Å²) in [5.41, 5.74) is 2.37. The molecule has 0 amide bonds. The molecular weight excluding hydrogens is 306 g/mol. The first-order valence-corrected chi connectivity index (χ1v) is 7.75. The van der Waals surface area contributed by atoms with E-state index in [-0.39, 0.29) is 5.78 Å². The monoisotopic (exact) mass is 323 g/mol. The lowest BCUT2D eigenvalue weighted by Gasteiger charge is -1.99. The molecule has 1 N–H and O–H groups in total. The largest absolute Gasteiger partial charge is 0.301 e. The highest BCUT2D eigenvalue weighted by Gasteiger charge is 2.01. The quantitative estimate of drug-likeness (QED) is 0.705. The van der Waals surface area contributed by atoms with Crippen molar-refractivity contribution in [2.75, 3.05) is 0 Å². The Morgan fingerprint density at radius 2 is 1.70 bits per heavy atom. The fraction of sp³-hybridized carbons (Fsp3) is 0.100. The van der Waals surface area contributed by atoms with Crippen molar-refractivity contribution < 1.29 is 4.79 Å². The second-order valence-electron chi connectivity index (χ2n) is 5.15. The van der Waals surface area contributed by atoms with Crippen molar-refractivity contribution in [1.82, 2.24) is 0 Å². The second kappa shape index (κ2) is 8.86. The lowest BCUT2D eigenvalue weighted by atomic mass is 10.1. The van der Waals surface area contributed by atoms with Crippen LogP contribution in [0, 0.1) is 5.41 Å². The highest BCUT2D eigenvalue weighted by Crippen LogP contribution is 2.10. The van der Waals surface area contributed by atoms with E-state index in [1.165, 1.54) is 0 Å². The van der Waals surface area contributed by atoms with Crippen molar-refractivity contribution in [1.29, 1.82) is 5.41 Å². The fourth-order valence-corrected chi connectivity index (χ4v) is 2.15. The Morgan fingerprint density at radius 1 is 1.00 bits per heavy atom. The molecule has 2 aromatic carbocycles. The minimum absolute atomic E-state index is 0.114. The summed E-state index contributed by atoms with van der Waals surface area (Å²) in [5.74, 6) is 0.114. The number of carbonyl (C=O) groups excluding carboxylic acids is 1. The molecule has 116 valence electrons. The molecule has 3 heteroatoms. The highest BCUT2D eigenvalue weighted by molar-refractivity contribution is 6.30. The van der Waals surface area contributed by atoms with Gasteiger partial charge in [-0.2, -0.15) is 0 Å². The van der Waals surface area contributed by atoms with Crippen LogP contribution >= 0.6 is 11.6 Å². The molecule has 0 aliphatic rings. The van der Waals surface area contributed by atoms with Crippen LogP contribution in [0.2, 0.25) is 5.02 Å². The molecule has 0 unspecified atom stereocenters. The van der Waals surface area contributed by atoms with E-state index < -0.39 is 0 Å². The third-order valence-corrected chi connectivity index (χ3v) is 3.46. The van der Waals surface area contributed by atoms with Gasteiger partial charge < -0.3 is 5.41 Å². The molecule has 2 nitrogen and oxygen atoms in total. The van der Waals surface area contributed by atoms with Gasteiger partial charge in [0.15, 0.2) is 0 Å². The molecule has 2 rings (SSSR count). The lowest BCUT2D eigenvalue weighted by molar-refractivity contribution is -0.117. The van der Waals surface area contributed by atoms with Gasteiger partial charge in [0.05, 0.1) is 5.71 Å². The molecule has 2 aromatic rings. The number of nitrogens with one attached hydrogen (secondary N) is 1. The van der Waals surface area contributed by atoms with Gasteiger partial charge in [0.2, 0.25) is 0 Å². The third kappa shape index (κ3) is 6.45. The van der Waals surface area contributed by atoms with E-state index in [4.69, 9.17) is 17.0 Å². The zero-order chi connectivity index (χ0) is 16.5. The predicted octanol–water partition coefficient (Wildman–Crippen LogP) is 5.13. The Hall–Kier alpha value is -2.45. The molecule has 0 saturated heterocycles. The zero-order valence-electron chi connectivity index (χ0n) is 12.7. The summed E-state index contributed by atoms with van der Waals surface area (Å²) in [6.07, 6.45) is 7.69. The number of carbonyl (C=O) groups is 1. The van der Waals surface area contributed by atoms with E-state index in [1.54, 1.807) is 30.4 Å². The minimum atomic E-state index is 0.114. The van der Waals surface area contributed by atoms with E-state index in [0.717, 1.165) is 11.1 Å². The van der Waals surface area contributed by atoms with Crippen LogP contribution in [0.1, 0.15) is 17.5 Å². The van der Waals surface area contributed by atoms with Gasteiger partial charge in [-0.25, -0.2) is 0 Å². The highest BCUT2D eigenvalue weighted by atomic mass is 35.5. The van der Waals surface area contributed by atoms with Crippen molar-refractivity contribution >= 4 is 29.2 Å². The first-order chi connectivity index (χ1) is 11.1. The Bertz CT molecular complexity index is 715. The molecule has 0 atom stereocenters. The normalized spacial score (nSPS) is 11.2. The van der Waals surface area contributed by atoms with E-state index in [1.807, 2.05) is 48.5 Å². The van der Waals surface area contributed by atoms with Crippen molar-refractivity contribution in [3.63, 3.8) is 0 Å². The van der Waals surface area contributed by atoms with Crippen LogP contribution < -0.4 is 0 Å². The molecule has 0 heterocycles. The van der Waals surface area contributed by atoms with Crippen LogP contribution in [0.3, 0.4) is 0 Å². The summed E-state index contributed by atoms with van der Waals surface area (Å²) in [5, 5.41) is 8.49. The van der Waals surface area contributed by atoms with Crippen LogP contribution in [0.25, 0.3) is 6.08 Å². The Labute approximate surface area is 141 Å². The van der Waals surface area contributed by atoms with Crippen molar-refractivity contribution in [2.45, 2.75) is 12.8 Å². The summed E-state index contributed by atoms with van der Waals surface area (Å²) in [6, 6.07) is 17.1. The van der Waals surface area contributed by atoms with Crippen molar-refractivity contribution in [3.8, 4) is 0 Å². The van der Waals surface area contributed by atoms with Gasteiger partial charge in [0, 0.05) is 17.9 Å². The number of rotatable bonds is 7. The van der Waals surface area contributed by atoms with Crippen molar-refractivity contribution in [2.24, 2.45) is 0 Å². The van der Waals surface area contributed by atoms with Gasteiger partial charge in [-0.1, -0.05) is 66.2 Å². The first kappa shape index (κ1) is 16.9. The average molecular weight is 324 g/mol. The summed E-state index contributed by atoms with van der Waals surface area (Å²) in [7, 11) is 0.